The van der Waals surface area contributed by atoms with E-state index in [0.717, 1.165) is 25.3 Å². The third-order valence-corrected chi connectivity index (χ3v) is 6.11. The second kappa shape index (κ2) is 6.53. The molecule has 1 atom stereocenters. The van der Waals surface area contributed by atoms with Gasteiger partial charge in [-0.25, -0.2) is 19.0 Å². The Labute approximate surface area is 176 Å². The lowest BCUT2D eigenvalue weighted by atomic mass is 9.88. The number of aryl methyl sites for hydroxylation is 1. The molecule has 3 aromatic heterocycles. The molecule has 154 valence electrons. The van der Waals surface area contributed by atoms with Crippen molar-refractivity contribution in [1.82, 2.24) is 24.7 Å². The minimum atomic E-state index is -0.505. The van der Waals surface area contributed by atoms with Crippen LogP contribution in [0.25, 0.3) is 33.3 Å². The molecule has 1 aliphatic carbocycles. The zero-order valence-electron chi connectivity index (χ0n) is 16.5. The molecule has 0 bridgehead atoms. The van der Waals surface area contributed by atoms with E-state index in [4.69, 9.17) is 10.8 Å². The van der Waals surface area contributed by atoms with E-state index in [1.807, 2.05) is 4.68 Å². The van der Waals surface area contributed by atoms with E-state index in [1.54, 1.807) is 6.07 Å². The Morgan fingerprint density at radius 3 is 2.84 bits per heavy atom. The summed E-state index contributed by atoms with van der Waals surface area (Å²) >= 11 is 0. The first-order chi connectivity index (χ1) is 15.1. The number of benzene rings is 2. The average Bonchev–Trinajstić information content (AvgIpc) is 3.36. The summed E-state index contributed by atoms with van der Waals surface area (Å²) in [7, 11) is 0. The molecule has 7 nitrogen and oxygen atoms in total. The lowest BCUT2D eigenvalue weighted by Crippen LogP contribution is -2.20. The van der Waals surface area contributed by atoms with E-state index in [-0.39, 0.29) is 11.8 Å². The number of phenolic OH excluding ortho intramolecular Hbond substituents is 1. The van der Waals surface area contributed by atoms with Crippen LogP contribution in [0.4, 0.5) is 10.2 Å². The number of halogens is 1. The maximum absolute atomic E-state index is 13.8. The minimum absolute atomic E-state index is 0.135. The second-order valence-electron chi connectivity index (χ2n) is 7.99. The fourth-order valence-electron chi connectivity index (χ4n) is 4.64. The van der Waals surface area contributed by atoms with Crippen LogP contribution in [-0.2, 0) is 12.8 Å². The van der Waals surface area contributed by atoms with Gasteiger partial charge in [0.1, 0.15) is 29.4 Å². The molecule has 0 saturated heterocycles. The summed E-state index contributed by atoms with van der Waals surface area (Å²) in [5.74, 6) is -0.329. The van der Waals surface area contributed by atoms with Crippen molar-refractivity contribution in [2.45, 2.75) is 25.3 Å². The fraction of sp³-hybridized carbons (Fsp3) is 0.174. The summed E-state index contributed by atoms with van der Waals surface area (Å²) in [6, 6.07) is 12.8. The topological polar surface area (TPSA) is 106 Å². The van der Waals surface area contributed by atoms with Crippen LogP contribution < -0.4 is 5.73 Å². The standard InChI is InChI=1S/C23H19FN6O/c24-15-7-14-9-17(28-20(14)18(31)10-15)21-19-22(25)26-11-27-23(19)30(29-21)16-6-5-12-3-1-2-4-13(12)8-16/h1-4,7,9-11,16,28,31H,5-6,8H2,(H2,25,26,27). The molecule has 1 aliphatic rings. The first kappa shape index (κ1) is 17.9. The highest BCUT2D eigenvalue weighted by atomic mass is 19.1. The van der Waals surface area contributed by atoms with Crippen LogP contribution in [0.2, 0.25) is 0 Å². The number of rotatable bonds is 2. The van der Waals surface area contributed by atoms with Crippen LogP contribution in [0, 0.1) is 5.82 Å². The number of aromatic hydroxyl groups is 1. The lowest BCUT2D eigenvalue weighted by molar-refractivity contribution is 0.415. The van der Waals surface area contributed by atoms with Gasteiger partial charge in [-0.3, -0.25) is 0 Å². The van der Waals surface area contributed by atoms with Crippen molar-refractivity contribution in [3.05, 3.63) is 65.7 Å². The van der Waals surface area contributed by atoms with Crippen LogP contribution in [0.15, 0.2) is 48.8 Å². The Morgan fingerprint density at radius 1 is 1.13 bits per heavy atom. The molecule has 0 saturated carbocycles. The lowest BCUT2D eigenvalue weighted by Gasteiger charge is -2.25. The predicted molar refractivity (Wildman–Crippen MR) is 116 cm³/mol. The van der Waals surface area contributed by atoms with Gasteiger partial charge in [0.25, 0.3) is 0 Å². The highest BCUT2D eigenvalue weighted by Crippen LogP contribution is 2.37. The zero-order chi connectivity index (χ0) is 21.1. The SMILES string of the molecule is Nc1ncnc2c1c(-c1cc3cc(F)cc(O)c3[nH]1)nn2C1CCc2ccccc2C1. The molecule has 4 N–H and O–H groups in total. The van der Waals surface area contributed by atoms with Crippen molar-refractivity contribution in [1.29, 1.82) is 0 Å². The molecule has 0 spiro atoms. The third kappa shape index (κ3) is 2.75. The smallest absolute Gasteiger partial charge is 0.164 e. The van der Waals surface area contributed by atoms with Gasteiger partial charge in [0.05, 0.1) is 22.6 Å². The van der Waals surface area contributed by atoms with Gasteiger partial charge in [0.2, 0.25) is 0 Å². The Morgan fingerprint density at radius 2 is 1.97 bits per heavy atom. The number of nitrogen functional groups attached to an aromatic ring is 1. The summed E-state index contributed by atoms with van der Waals surface area (Å²) in [4.78, 5) is 11.8. The summed E-state index contributed by atoms with van der Waals surface area (Å²) in [6.45, 7) is 0. The highest BCUT2D eigenvalue weighted by Gasteiger charge is 2.26. The van der Waals surface area contributed by atoms with Crippen molar-refractivity contribution in [2.75, 3.05) is 5.73 Å². The number of H-pyrrole nitrogens is 1. The summed E-state index contributed by atoms with van der Waals surface area (Å²) in [5, 5.41) is 16.2. The van der Waals surface area contributed by atoms with E-state index >= 15 is 0 Å². The summed E-state index contributed by atoms with van der Waals surface area (Å²) in [5.41, 5.74) is 11.2. The molecular weight excluding hydrogens is 395 g/mol. The molecule has 2 aromatic carbocycles. The van der Waals surface area contributed by atoms with Gasteiger partial charge < -0.3 is 15.8 Å². The normalized spacial score (nSPS) is 16.1. The number of nitrogens with two attached hydrogens (primary N) is 1. The number of nitrogens with zero attached hydrogens (tertiary/aromatic N) is 4. The van der Waals surface area contributed by atoms with Crippen molar-refractivity contribution >= 4 is 27.8 Å². The van der Waals surface area contributed by atoms with Gasteiger partial charge in [-0.1, -0.05) is 24.3 Å². The van der Waals surface area contributed by atoms with Crippen LogP contribution >= 0.6 is 0 Å². The molecule has 1 unspecified atom stereocenters. The third-order valence-electron chi connectivity index (χ3n) is 6.11. The number of phenols is 1. The number of anilines is 1. The highest BCUT2D eigenvalue weighted by molar-refractivity contribution is 6.00. The van der Waals surface area contributed by atoms with E-state index < -0.39 is 5.82 Å². The molecule has 3 heterocycles. The second-order valence-corrected chi connectivity index (χ2v) is 7.99. The van der Waals surface area contributed by atoms with Gasteiger partial charge in [0, 0.05) is 11.5 Å². The molecular formula is C23H19FN6O. The number of hydrogen-bond donors (Lipinski definition) is 3. The Balaban J connectivity index is 1.53. The first-order valence-electron chi connectivity index (χ1n) is 10.2. The van der Waals surface area contributed by atoms with Crippen molar-refractivity contribution in [2.24, 2.45) is 0 Å². The van der Waals surface area contributed by atoms with Crippen LogP contribution in [0.1, 0.15) is 23.6 Å². The molecule has 8 heteroatoms. The van der Waals surface area contributed by atoms with Crippen molar-refractivity contribution in [3.8, 4) is 17.1 Å². The average molecular weight is 414 g/mol. The molecule has 0 aliphatic heterocycles. The molecule has 0 radical (unpaired) electrons. The molecule has 31 heavy (non-hydrogen) atoms. The van der Waals surface area contributed by atoms with E-state index in [1.165, 1.54) is 23.5 Å². The van der Waals surface area contributed by atoms with Crippen molar-refractivity contribution < 1.29 is 9.50 Å². The fourth-order valence-corrected chi connectivity index (χ4v) is 4.64. The maximum atomic E-state index is 13.8. The van der Waals surface area contributed by atoms with Gasteiger partial charge in [-0.2, -0.15) is 5.10 Å². The summed E-state index contributed by atoms with van der Waals surface area (Å²) < 4.78 is 15.7. The van der Waals surface area contributed by atoms with Crippen LogP contribution in [-0.4, -0.2) is 29.8 Å². The molecule has 5 aromatic rings. The number of aromatic nitrogens is 5. The quantitative estimate of drug-likeness (QED) is 0.403. The predicted octanol–water partition coefficient (Wildman–Crippen LogP) is 4.13. The number of aromatic amines is 1. The molecule has 0 fully saturated rings. The monoisotopic (exact) mass is 414 g/mol. The van der Waals surface area contributed by atoms with Gasteiger partial charge in [0.15, 0.2) is 5.65 Å². The summed E-state index contributed by atoms with van der Waals surface area (Å²) in [6.07, 6.45) is 4.21. The Bertz CT molecular complexity index is 1470. The number of nitrogens with one attached hydrogen (secondary N) is 1. The number of hydrogen-bond acceptors (Lipinski definition) is 5. The maximum Gasteiger partial charge on any atom is 0.164 e. The van der Waals surface area contributed by atoms with Crippen molar-refractivity contribution in [3.63, 3.8) is 0 Å². The molecule has 0 amide bonds. The Kier molecular flexibility index (Phi) is 3.77. The van der Waals surface area contributed by atoms with Gasteiger partial charge >= 0.3 is 0 Å². The number of fused-ring (bicyclic) bond motifs is 3. The molecule has 6 rings (SSSR count). The van der Waals surface area contributed by atoms with Crippen LogP contribution in [0.3, 0.4) is 0 Å². The van der Waals surface area contributed by atoms with Gasteiger partial charge in [-0.05, 0) is 42.5 Å². The van der Waals surface area contributed by atoms with E-state index in [2.05, 4.69) is 39.2 Å². The largest absolute Gasteiger partial charge is 0.506 e. The van der Waals surface area contributed by atoms with E-state index in [9.17, 15) is 9.50 Å². The Hall–Kier alpha value is -3.94. The van der Waals surface area contributed by atoms with E-state index in [0.29, 0.717) is 39.1 Å². The van der Waals surface area contributed by atoms with Gasteiger partial charge in [-0.15, -0.1) is 0 Å². The zero-order valence-corrected chi connectivity index (χ0v) is 16.5. The first-order valence-corrected chi connectivity index (χ1v) is 10.2. The van der Waals surface area contributed by atoms with Crippen LogP contribution in [0.5, 0.6) is 5.75 Å². The minimum Gasteiger partial charge on any atom is -0.506 e.